The van der Waals surface area contributed by atoms with Crippen LogP contribution in [-0.2, 0) is 4.79 Å². The van der Waals surface area contributed by atoms with E-state index in [1.807, 2.05) is 63.2 Å². The number of fused-ring (bicyclic) bond motifs is 1. The van der Waals surface area contributed by atoms with Gasteiger partial charge in [-0.15, -0.1) is 0 Å². The Morgan fingerprint density at radius 3 is 2.64 bits per heavy atom. The number of nitrogens with one attached hydrogen (secondary N) is 2. The lowest BCUT2D eigenvalue weighted by atomic mass is 9.95. The van der Waals surface area contributed by atoms with Crippen molar-refractivity contribution >= 4 is 33.5 Å². The standard InChI is InChI=1S/C21H20BrN5O/c1-12-5-4-6-17(13(12)2)26-20(28)18-14(3)25-21-23-11-24-27(21)19(18)15-7-9-16(22)10-8-15/h4-11,19H,1-3H3,(H,26,28)(H,23,24,25). The highest BCUT2D eigenvalue weighted by Gasteiger charge is 2.33. The number of rotatable bonds is 3. The number of aromatic nitrogens is 3. The van der Waals surface area contributed by atoms with Gasteiger partial charge in [-0.05, 0) is 55.7 Å². The summed E-state index contributed by atoms with van der Waals surface area (Å²) in [4.78, 5) is 17.6. The summed E-state index contributed by atoms with van der Waals surface area (Å²) in [7, 11) is 0. The van der Waals surface area contributed by atoms with E-state index in [0.717, 1.165) is 32.5 Å². The first-order valence-electron chi connectivity index (χ1n) is 8.96. The van der Waals surface area contributed by atoms with Crippen LogP contribution in [0.2, 0.25) is 0 Å². The van der Waals surface area contributed by atoms with E-state index < -0.39 is 0 Å². The Balaban J connectivity index is 1.77. The number of nitrogens with zero attached hydrogens (tertiary/aromatic N) is 3. The minimum atomic E-state index is -0.364. The molecule has 1 unspecified atom stereocenters. The average Bonchev–Trinajstić information content (AvgIpc) is 3.13. The highest BCUT2D eigenvalue weighted by Crippen LogP contribution is 2.35. The van der Waals surface area contributed by atoms with E-state index in [9.17, 15) is 4.79 Å². The molecule has 1 aromatic heterocycles. The molecule has 1 aliphatic rings. The zero-order valence-electron chi connectivity index (χ0n) is 15.8. The van der Waals surface area contributed by atoms with Crippen molar-refractivity contribution in [2.45, 2.75) is 26.8 Å². The highest BCUT2D eigenvalue weighted by molar-refractivity contribution is 9.10. The molecular formula is C21H20BrN5O. The first-order chi connectivity index (χ1) is 13.5. The van der Waals surface area contributed by atoms with Crippen molar-refractivity contribution < 1.29 is 4.79 Å². The Kier molecular flexibility index (Phi) is 4.77. The van der Waals surface area contributed by atoms with Crippen molar-refractivity contribution in [2.24, 2.45) is 0 Å². The van der Waals surface area contributed by atoms with E-state index in [-0.39, 0.29) is 11.9 Å². The molecule has 2 aromatic carbocycles. The zero-order valence-corrected chi connectivity index (χ0v) is 17.4. The SMILES string of the molecule is CC1=C(C(=O)Nc2cccc(C)c2C)C(c2ccc(Br)cc2)n2ncnc2N1. The second kappa shape index (κ2) is 7.24. The third-order valence-corrected chi connectivity index (χ3v) is 5.61. The Morgan fingerprint density at radius 1 is 1.14 bits per heavy atom. The van der Waals surface area contributed by atoms with Gasteiger partial charge in [0.1, 0.15) is 12.4 Å². The minimum Gasteiger partial charge on any atom is -0.328 e. The van der Waals surface area contributed by atoms with Crippen LogP contribution in [0.1, 0.15) is 29.7 Å². The molecule has 2 N–H and O–H groups in total. The molecule has 0 saturated heterocycles. The number of hydrogen-bond donors (Lipinski definition) is 2. The maximum Gasteiger partial charge on any atom is 0.255 e. The summed E-state index contributed by atoms with van der Waals surface area (Å²) < 4.78 is 2.72. The van der Waals surface area contributed by atoms with Crippen LogP contribution in [0, 0.1) is 13.8 Å². The molecule has 1 atom stereocenters. The fourth-order valence-corrected chi connectivity index (χ4v) is 3.68. The van der Waals surface area contributed by atoms with Gasteiger partial charge in [0.25, 0.3) is 5.91 Å². The largest absolute Gasteiger partial charge is 0.328 e. The summed E-state index contributed by atoms with van der Waals surface area (Å²) in [6, 6.07) is 13.4. The van der Waals surface area contributed by atoms with Crippen LogP contribution < -0.4 is 10.6 Å². The van der Waals surface area contributed by atoms with Crippen molar-refractivity contribution in [1.82, 2.24) is 14.8 Å². The molecule has 0 aliphatic carbocycles. The number of carbonyl (C=O) groups is 1. The predicted molar refractivity (Wildman–Crippen MR) is 113 cm³/mol. The van der Waals surface area contributed by atoms with Crippen molar-refractivity contribution in [3.63, 3.8) is 0 Å². The van der Waals surface area contributed by atoms with Gasteiger partial charge < -0.3 is 10.6 Å². The Bertz CT molecular complexity index is 1080. The molecule has 7 heteroatoms. The molecular weight excluding hydrogens is 418 g/mol. The van der Waals surface area contributed by atoms with Crippen molar-refractivity contribution in [2.75, 3.05) is 10.6 Å². The molecule has 3 aromatic rings. The van der Waals surface area contributed by atoms with Gasteiger partial charge in [0, 0.05) is 15.9 Å². The number of aryl methyl sites for hydroxylation is 1. The molecule has 28 heavy (non-hydrogen) atoms. The fraction of sp³-hybridized carbons (Fsp3) is 0.190. The smallest absolute Gasteiger partial charge is 0.255 e. The van der Waals surface area contributed by atoms with Gasteiger partial charge in [0.2, 0.25) is 5.95 Å². The lowest BCUT2D eigenvalue weighted by Crippen LogP contribution is -2.31. The molecule has 0 spiro atoms. The highest BCUT2D eigenvalue weighted by atomic mass is 79.9. The van der Waals surface area contributed by atoms with Crippen LogP contribution >= 0.6 is 15.9 Å². The topological polar surface area (TPSA) is 71.8 Å². The maximum absolute atomic E-state index is 13.3. The molecule has 0 fully saturated rings. The molecule has 1 aliphatic heterocycles. The first kappa shape index (κ1) is 18.4. The normalized spacial score (nSPS) is 15.8. The summed E-state index contributed by atoms with van der Waals surface area (Å²) >= 11 is 3.47. The quantitative estimate of drug-likeness (QED) is 0.628. The molecule has 6 nitrogen and oxygen atoms in total. The van der Waals surface area contributed by atoms with Gasteiger partial charge in [-0.25, -0.2) is 4.68 Å². The number of benzene rings is 2. The van der Waals surface area contributed by atoms with E-state index in [1.165, 1.54) is 6.33 Å². The molecule has 4 rings (SSSR count). The predicted octanol–water partition coefficient (Wildman–Crippen LogP) is 4.59. The molecule has 0 saturated carbocycles. The molecule has 142 valence electrons. The molecule has 0 bridgehead atoms. The average molecular weight is 438 g/mol. The van der Waals surface area contributed by atoms with Crippen LogP contribution in [0.25, 0.3) is 0 Å². The van der Waals surface area contributed by atoms with Gasteiger partial charge in [0.15, 0.2) is 0 Å². The number of halogens is 1. The summed E-state index contributed by atoms with van der Waals surface area (Å²) in [5.74, 6) is 0.460. The summed E-state index contributed by atoms with van der Waals surface area (Å²) in [5.41, 5.74) is 5.33. The van der Waals surface area contributed by atoms with Crippen LogP contribution in [0.4, 0.5) is 11.6 Å². The van der Waals surface area contributed by atoms with Crippen LogP contribution in [0.3, 0.4) is 0 Å². The van der Waals surface area contributed by atoms with Crippen LogP contribution in [0.15, 0.2) is 64.5 Å². The van der Waals surface area contributed by atoms with Gasteiger partial charge in [-0.1, -0.05) is 40.2 Å². The third kappa shape index (κ3) is 3.22. The van der Waals surface area contributed by atoms with E-state index in [4.69, 9.17) is 0 Å². The van der Waals surface area contributed by atoms with Gasteiger partial charge in [-0.2, -0.15) is 10.1 Å². The molecule has 0 radical (unpaired) electrons. The van der Waals surface area contributed by atoms with E-state index in [1.54, 1.807) is 4.68 Å². The number of allylic oxidation sites excluding steroid dienone is 1. The summed E-state index contributed by atoms with van der Waals surface area (Å²) in [5, 5.41) is 10.6. The Labute approximate surface area is 171 Å². The first-order valence-corrected chi connectivity index (χ1v) is 9.75. The third-order valence-electron chi connectivity index (χ3n) is 5.08. The van der Waals surface area contributed by atoms with Crippen molar-refractivity contribution in [3.8, 4) is 0 Å². The van der Waals surface area contributed by atoms with Gasteiger partial charge in [-0.3, -0.25) is 4.79 Å². The van der Waals surface area contributed by atoms with E-state index >= 15 is 0 Å². The number of hydrogen-bond acceptors (Lipinski definition) is 4. The fourth-order valence-electron chi connectivity index (χ4n) is 3.41. The molecule has 2 heterocycles. The van der Waals surface area contributed by atoms with Gasteiger partial charge >= 0.3 is 0 Å². The van der Waals surface area contributed by atoms with Crippen LogP contribution in [-0.4, -0.2) is 20.7 Å². The Morgan fingerprint density at radius 2 is 1.89 bits per heavy atom. The monoisotopic (exact) mass is 437 g/mol. The zero-order chi connectivity index (χ0) is 19.8. The lowest BCUT2D eigenvalue weighted by molar-refractivity contribution is -0.113. The molecule has 1 amide bonds. The van der Waals surface area contributed by atoms with Crippen molar-refractivity contribution in [3.05, 3.63) is 81.2 Å². The van der Waals surface area contributed by atoms with Gasteiger partial charge in [0.05, 0.1) is 5.57 Å². The Hall–Kier alpha value is -2.93. The minimum absolute atomic E-state index is 0.159. The van der Waals surface area contributed by atoms with Crippen molar-refractivity contribution in [1.29, 1.82) is 0 Å². The van der Waals surface area contributed by atoms with E-state index in [2.05, 4.69) is 36.6 Å². The summed E-state index contributed by atoms with van der Waals surface area (Å²) in [6.45, 7) is 5.93. The maximum atomic E-state index is 13.3. The van der Waals surface area contributed by atoms with Crippen LogP contribution in [0.5, 0.6) is 0 Å². The number of amides is 1. The second-order valence-corrected chi connectivity index (χ2v) is 7.76. The summed E-state index contributed by atoms with van der Waals surface area (Å²) in [6.07, 6.45) is 1.49. The lowest BCUT2D eigenvalue weighted by Gasteiger charge is -2.29. The van der Waals surface area contributed by atoms with E-state index in [0.29, 0.717) is 11.5 Å². The second-order valence-electron chi connectivity index (χ2n) is 6.85. The number of anilines is 2. The number of carbonyl (C=O) groups excluding carboxylic acids is 1.